The summed E-state index contributed by atoms with van der Waals surface area (Å²) in [5.41, 5.74) is 2.11. The molecule has 1 heterocycles. The normalized spacial score (nSPS) is 26.7. The summed E-state index contributed by atoms with van der Waals surface area (Å²) < 4.78 is 0. The molecule has 0 fully saturated rings. The second-order valence-electron chi connectivity index (χ2n) is 2.98. The molecule has 1 atom stereocenters. The fraction of sp³-hybridized carbons (Fsp3) is 0.625. The second kappa shape index (κ2) is 2.45. The van der Waals surface area contributed by atoms with E-state index in [1.807, 2.05) is 20.8 Å². The summed E-state index contributed by atoms with van der Waals surface area (Å²) in [5, 5.41) is 2.86. The quantitative estimate of drug-likeness (QED) is 0.537. The SMILES string of the molecule is CC1=C(C)C(=O)NC(C)C1. The van der Waals surface area contributed by atoms with Gasteiger partial charge in [-0.25, -0.2) is 0 Å². The largest absolute Gasteiger partial charge is 0.350 e. The van der Waals surface area contributed by atoms with E-state index in [0.29, 0.717) is 6.04 Å². The fourth-order valence-corrected chi connectivity index (χ4v) is 1.19. The van der Waals surface area contributed by atoms with Crippen LogP contribution >= 0.6 is 0 Å². The summed E-state index contributed by atoms with van der Waals surface area (Å²) in [7, 11) is 0. The molecule has 2 nitrogen and oxygen atoms in total. The van der Waals surface area contributed by atoms with Crippen molar-refractivity contribution >= 4 is 5.91 Å². The van der Waals surface area contributed by atoms with Gasteiger partial charge in [-0.2, -0.15) is 0 Å². The van der Waals surface area contributed by atoms with Crippen molar-refractivity contribution in [2.24, 2.45) is 0 Å². The van der Waals surface area contributed by atoms with Crippen molar-refractivity contribution in [3.63, 3.8) is 0 Å². The molecule has 1 unspecified atom stereocenters. The Bertz CT molecular complexity index is 193. The molecule has 0 bridgehead atoms. The zero-order chi connectivity index (χ0) is 7.72. The molecule has 0 aromatic carbocycles. The van der Waals surface area contributed by atoms with Crippen LogP contribution in [0.3, 0.4) is 0 Å². The lowest BCUT2D eigenvalue weighted by Gasteiger charge is -2.21. The number of nitrogens with one attached hydrogen (secondary N) is 1. The number of carbonyl (C=O) groups excluding carboxylic acids is 1. The standard InChI is InChI=1S/C8H13NO/c1-5-4-6(2)9-8(10)7(5)3/h6H,4H2,1-3H3,(H,9,10). The summed E-state index contributed by atoms with van der Waals surface area (Å²) >= 11 is 0. The van der Waals surface area contributed by atoms with Crippen LogP contribution in [0.1, 0.15) is 27.2 Å². The topological polar surface area (TPSA) is 29.1 Å². The van der Waals surface area contributed by atoms with E-state index in [0.717, 1.165) is 12.0 Å². The first-order valence-electron chi connectivity index (χ1n) is 3.58. The summed E-state index contributed by atoms with van der Waals surface area (Å²) in [5.74, 6) is 0.0938. The first-order chi connectivity index (χ1) is 4.61. The van der Waals surface area contributed by atoms with Gasteiger partial charge in [-0.15, -0.1) is 0 Å². The van der Waals surface area contributed by atoms with Crippen LogP contribution in [0.4, 0.5) is 0 Å². The van der Waals surface area contributed by atoms with E-state index in [1.165, 1.54) is 5.57 Å². The molecule has 2 heteroatoms. The molecular weight excluding hydrogens is 126 g/mol. The van der Waals surface area contributed by atoms with Crippen LogP contribution in [0.2, 0.25) is 0 Å². The molecule has 56 valence electrons. The number of amides is 1. The Labute approximate surface area is 61.3 Å². The first-order valence-corrected chi connectivity index (χ1v) is 3.58. The van der Waals surface area contributed by atoms with Gasteiger partial charge in [0.05, 0.1) is 0 Å². The van der Waals surface area contributed by atoms with E-state index in [1.54, 1.807) is 0 Å². The van der Waals surface area contributed by atoms with Gasteiger partial charge in [0.1, 0.15) is 0 Å². The van der Waals surface area contributed by atoms with Gasteiger partial charge in [-0.3, -0.25) is 4.79 Å². The van der Waals surface area contributed by atoms with Crippen LogP contribution in [0.15, 0.2) is 11.1 Å². The maximum atomic E-state index is 11.0. The summed E-state index contributed by atoms with van der Waals surface area (Å²) in [6.45, 7) is 5.91. The molecule has 0 saturated heterocycles. The van der Waals surface area contributed by atoms with Crippen LogP contribution in [-0.2, 0) is 4.79 Å². The third-order valence-electron chi connectivity index (χ3n) is 1.97. The molecule has 0 radical (unpaired) electrons. The van der Waals surface area contributed by atoms with Crippen LogP contribution in [0.5, 0.6) is 0 Å². The maximum absolute atomic E-state index is 11.0. The Hall–Kier alpha value is -0.790. The minimum Gasteiger partial charge on any atom is -0.350 e. The molecule has 1 rings (SSSR count). The average Bonchev–Trinajstić information content (AvgIpc) is 1.82. The van der Waals surface area contributed by atoms with E-state index in [-0.39, 0.29) is 5.91 Å². The molecule has 1 amide bonds. The summed E-state index contributed by atoms with van der Waals surface area (Å²) in [6, 6.07) is 0.316. The van der Waals surface area contributed by atoms with Gasteiger partial charge in [0.2, 0.25) is 5.91 Å². The lowest BCUT2D eigenvalue weighted by atomic mass is 9.99. The Morgan fingerprint density at radius 1 is 1.50 bits per heavy atom. The minimum atomic E-state index is 0.0938. The molecule has 1 aliphatic rings. The molecule has 1 aliphatic heterocycles. The van der Waals surface area contributed by atoms with Crippen molar-refractivity contribution in [1.82, 2.24) is 5.32 Å². The predicted molar refractivity (Wildman–Crippen MR) is 40.6 cm³/mol. The monoisotopic (exact) mass is 139 g/mol. The Kier molecular flexibility index (Phi) is 1.79. The molecule has 0 aliphatic carbocycles. The number of hydrogen-bond donors (Lipinski definition) is 1. The van der Waals surface area contributed by atoms with Gasteiger partial charge in [0.15, 0.2) is 0 Å². The molecular formula is C8H13NO. The van der Waals surface area contributed by atoms with E-state index < -0.39 is 0 Å². The lowest BCUT2D eigenvalue weighted by Crippen LogP contribution is -2.37. The van der Waals surface area contributed by atoms with Gasteiger partial charge >= 0.3 is 0 Å². The first kappa shape index (κ1) is 7.32. The summed E-state index contributed by atoms with van der Waals surface area (Å²) in [6.07, 6.45) is 0.998. The third-order valence-corrected chi connectivity index (χ3v) is 1.97. The fourth-order valence-electron chi connectivity index (χ4n) is 1.19. The Morgan fingerprint density at radius 3 is 2.60 bits per heavy atom. The maximum Gasteiger partial charge on any atom is 0.247 e. The highest BCUT2D eigenvalue weighted by atomic mass is 16.1. The van der Waals surface area contributed by atoms with Gasteiger partial charge in [-0.1, -0.05) is 5.57 Å². The lowest BCUT2D eigenvalue weighted by molar-refractivity contribution is -0.118. The number of rotatable bonds is 0. The van der Waals surface area contributed by atoms with Gasteiger partial charge in [0, 0.05) is 11.6 Å². The van der Waals surface area contributed by atoms with E-state index >= 15 is 0 Å². The van der Waals surface area contributed by atoms with E-state index in [4.69, 9.17) is 0 Å². The molecule has 10 heavy (non-hydrogen) atoms. The van der Waals surface area contributed by atoms with Crippen molar-refractivity contribution in [2.45, 2.75) is 33.2 Å². The van der Waals surface area contributed by atoms with E-state index in [2.05, 4.69) is 5.32 Å². The van der Waals surface area contributed by atoms with Gasteiger partial charge in [0.25, 0.3) is 0 Å². The predicted octanol–water partition coefficient (Wildman–Crippen LogP) is 1.23. The highest BCUT2D eigenvalue weighted by Gasteiger charge is 2.17. The zero-order valence-electron chi connectivity index (χ0n) is 6.69. The molecule has 1 N–H and O–H groups in total. The van der Waals surface area contributed by atoms with Crippen LogP contribution in [-0.4, -0.2) is 11.9 Å². The molecule has 0 saturated carbocycles. The smallest absolute Gasteiger partial charge is 0.247 e. The van der Waals surface area contributed by atoms with Crippen LogP contribution in [0.25, 0.3) is 0 Å². The van der Waals surface area contributed by atoms with Crippen molar-refractivity contribution in [3.8, 4) is 0 Å². The Balaban J connectivity index is 2.85. The number of carbonyl (C=O) groups is 1. The average molecular weight is 139 g/mol. The number of hydrogen-bond acceptors (Lipinski definition) is 1. The molecule has 0 aromatic rings. The van der Waals surface area contributed by atoms with E-state index in [9.17, 15) is 4.79 Å². The van der Waals surface area contributed by atoms with Crippen molar-refractivity contribution in [2.75, 3.05) is 0 Å². The van der Waals surface area contributed by atoms with Crippen LogP contribution in [0, 0.1) is 0 Å². The highest BCUT2D eigenvalue weighted by Crippen LogP contribution is 2.15. The third kappa shape index (κ3) is 1.20. The van der Waals surface area contributed by atoms with Crippen molar-refractivity contribution in [3.05, 3.63) is 11.1 Å². The zero-order valence-corrected chi connectivity index (χ0v) is 6.69. The molecule has 0 spiro atoms. The van der Waals surface area contributed by atoms with Gasteiger partial charge < -0.3 is 5.32 Å². The highest BCUT2D eigenvalue weighted by molar-refractivity contribution is 5.94. The van der Waals surface area contributed by atoms with Crippen molar-refractivity contribution in [1.29, 1.82) is 0 Å². The van der Waals surface area contributed by atoms with Gasteiger partial charge in [-0.05, 0) is 27.2 Å². The summed E-state index contributed by atoms with van der Waals surface area (Å²) in [4.78, 5) is 11.0. The van der Waals surface area contributed by atoms with Crippen LogP contribution < -0.4 is 5.32 Å². The molecule has 0 aromatic heterocycles. The van der Waals surface area contributed by atoms with Crippen molar-refractivity contribution < 1.29 is 4.79 Å². The second-order valence-corrected chi connectivity index (χ2v) is 2.98. The Morgan fingerprint density at radius 2 is 2.10 bits per heavy atom. The minimum absolute atomic E-state index is 0.0938.